The smallest absolute Gasteiger partial charge is 0.227 e. The zero-order chi connectivity index (χ0) is 14.5. The molecule has 6 heteroatoms. The molecule has 0 radical (unpaired) electrons. The van der Waals surface area contributed by atoms with Gasteiger partial charge in [-0.25, -0.2) is 0 Å². The van der Waals surface area contributed by atoms with Crippen LogP contribution < -0.4 is 5.32 Å². The number of hydrogen-bond acceptors (Lipinski definition) is 4. The number of aromatic nitrogens is 2. The summed E-state index contributed by atoms with van der Waals surface area (Å²) < 4.78 is 5.25. The molecule has 0 saturated carbocycles. The minimum Gasteiger partial charge on any atom is -0.339 e. The van der Waals surface area contributed by atoms with Gasteiger partial charge in [-0.05, 0) is 38.1 Å². The van der Waals surface area contributed by atoms with E-state index in [9.17, 15) is 0 Å². The largest absolute Gasteiger partial charge is 0.339 e. The average molecular weight is 314 g/mol. The standard InChI is InChI=1S/C14H17Cl2N3O/c1-3-17-9(2)4-5-13-18-14(19-20-13)10-6-11(15)8-12(16)7-10/h6-9,17H,3-5H2,1-2H3. The number of nitrogens with one attached hydrogen (secondary N) is 1. The quantitative estimate of drug-likeness (QED) is 0.876. The Morgan fingerprint density at radius 1 is 1.25 bits per heavy atom. The van der Waals surface area contributed by atoms with Gasteiger partial charge in [-0.15, -0.1) is 0 Å². The Kier molecular flexibility index (Phi) is 5.40. The van der Waals surface area contributed by atoms with Crippen molar-refractivity contribution in [3.63, 3.8) is 0 Å². The van der Waals surface area contributed by atoms with E-state index in [2.05, 4.69) is 29.3 Å². The fourth-order valence-electron chi connectivity index (χ4n) is 1.95. The van der Waals surface area contributed by atoms with Gasteiger partial charge in [-0.3, -0.25) is 0 Å². The van der Waals surface area contributed by atoms with Crippen LogP contribution in [0.2, 0.25) is 10.0 Å². The first kappa shape index (κ1) is 15.3. The van der Waals surface area contributed by atoms with Crippen molar-refractivity contribution in [2.75, 3.05) is 6.54 Å². The number of aryl methyl sites for hydroxylation is 1. The topological polar surface area (TPSA) is 51.0 Å². The van der Waals surface area contributed by atoms with E-state index in [0.717, 1.165) is 24.9 Å². The van der Waals surface area contributed by atoms with Crippen LogP contribution in [0.3, 0.4) is 0 Å². The van der Waals surface area contributed by atoms with E-state index in [1.807, 2.05) is 0 Å². The molecule has 2 rings (SSSR count). The van der Waals surface area contributed by atoms with Crippen molar-refractivity contribution in [2.45, 2.75) is 32.7 Å². The second-order valence-corrected chi connectivity index (χ2v) is 5.54. The summed E-state index contributed by atoms with van der Waals surface area (Å²) >= 11 is 11.9. The Balaban J connectivity index is 2.05. The van der Waals surface area contributed by atoms with Crippen LogP contribution in [0.1, 0.15) is 26.2 Å². The molecule has 1 aromatic carbocycles. The van der Waals surface area contributed by atoms with E-state index in [1.54, 1.807) is 18.2 Å². The van der Waals surface area contributed by atoms with Gasteiger partial charge in [0.15, 0.2) is 0 Å². The van der Waals surface area contributed by atoms with Crippen LogP contribution in [0.5, 0.6) is 0 Å². The average Bonchev–Trinajstić information content (AvgIpc) is 2.84. The molecule has 1 aromatic heterocycles. The molecule has 1 unspecified atom stereocenters. The summed E-state index contributed by atoms with van der Waals surface area (Å²) in [7, 11) is 0. The van der Waals surface area contributed by atoms with Crippen LogP contribution >= 0.6 is 23.2 Å². The van der Waals surface area contributed by atoms with Crippen LogP contribution in [0, 0.1) is 0 Å². The summed E-state index contributed by atoms with van der Waals surface area (Å²) in [5, 5.41) is 8.42. The lowest BCUT2D eigenvalue weighted by molar-refractivity contribution is 0.368. The molecule has 0 fully saturated rings. The van der Waals surface area contributed by atoms with Gasteiger partial charge in [0.1, 0.15) is 0 Å². The van der Waals surface area contributed by atoms with Crippen molar-refractivity contribution in [3.8, 4) is 11.4 Å². The summed E-state index contributed by atoms with van der Waals surface area (Å²) in [6.45, 7) is 5.18. The van der Waals surface area contributed by atoms with Crippen molar-refractivity contribution in [3.05, 3.63) is 34.1 Å². The lowest BCUT2D eigenvalue weighted by atomic mass is 10.2. The number of halogens is 2. The van der Waals surface area contributed by atoms with Gasteiger partial charge in [0.25, 0.3) is 0 Å². The maximum Gasteiger partial charge on any atom is 0.227 e. The molecule has 1 N–H and O–H groups in total. The highest BCUT2D eigenvalue weighted by Crippen LogP contribution is 2.25. The van der Waals surface area contributed by atoms with Gasteiger partial charge < -0.3 is 9.84 Å². The van der Waals surface area contributed by atoms with Gasteiger partial charge in [0.2, 0.25) is 11.7 Å². The van der Waals surface area contributed by atoms with Gasteiger partial charge in [-0.2, -0.15) is 4.98 Å². The Bertz CT molecular complexity index is 551. The molecule has 1 heterocycles. The first-order valence-corrected chi connectivity index (χ1v) is 7.36. The minimum absolute atomic E-state index is 0.427. The lowest BCUT2D eigenvalue weighted by Gasteiger charge is -2.09. The monoisotopic (exact) mass is 313 g/mol. The molecule has 0 spiro atoms. The normalized spacial score (nSPS) is 12.6. The second kappa shape index (κ2) is 7.07. The molecule has 2 aromatic rings. The summed E-state index contributed by atoms with van der Waals surface area (Å²) in [4.78, 5) is 4.37. The minimum atomic E-state index is 0.427. The molecule has 1 atom stereocenters. The molecule has 0 saturated heterocycles. The zero-order valence-corrected chi connectivity index (χ0v) is 13.0. The number of nitrogens with zero attached hydrogens (tertiary/aromatic N) is 2. The molecule has 0 aliphatic carbocycles. The van der Waals surface area contributed by atoms with Crippen LogP contribution in [0.25, 0.3) is 11.4 Å². The predicted molar refractivity (Wildman–Crippen MR) is 81.2 cm³/mol. The molecule has 0 aliphatic heterocycles. The second-order valence-electron chi connectivity index (χ2n) is 4.67. The van der Waals surface area contributed by atoms with Crippen molar-refractivity contribution in [1.29, 1.82) is 0 Å². The highest BCUT2D eigenvalue weighted by molar-refractivity contribution is 6.35. The lowest BCUT2D eigenvalue weighted by Crippen LogP contribution is -2.25. The number of rotatable bonds is 6. The van der Waals surface area contributed by atoms with E-state index in [0.29, 0.717) is 27.8 Å². The van der Waals surface area contributed by atoms with Crippen LogP contribution in [0.4, 0.5) is 0 Å². The Hall–Kier alpha value is -1.10. The third-order valence-corrected chi connectivity index (χ3v) is 3.37. The molecule has 0 aliphatic rings. The molecule has 0 bridgehead atoms. The van der Waals surface area contributed by atoms with E-state index in [1.165, 1.54) is 0 Å². The molecular weight excluding hydrogens is 297 g/mol. The number of hydrogen-bond donors (Lipinski definition) is 1. The maximum atomic E-state index is 5.97. The Morgan fingerprint density at radius 2 is 1.95 bits per heavy atom. The number of benzene rings is 1. The molecule has 20 heavy (non-hydrogen) atoms. The third kappa shape index (κ3) is 4.20. The van der Waals surface area contributed by atoms with E-state index in [-0.39, 0.29) is 0 Å². The molecule has 108 valence electrons. The van der Waals surface area contributed by atoms with Crippen LogP contribution in [-0.2, 0) is 6.42 Å². The Morgan fingerprint density at radius 3 is 2.60 bits per heavy atom. The first-order chi connectivity index (χ1) is 9.58. The van der Waals surface area contributed by atoms with Crippen molar-refractivity contribution >= 4 is 23.2 Å². The Labute approximate surface area is 128 Å². The van der Waals surface area contributed by atoms with Crippen molar-refractivity contribution in [1.82, 2.24) is 15.5 Å². The van der Waals surface area contributed by atoms with E-state index < -0.39 is 0 Å². The van der Waals surface area contributed by atoms with E-state index >= 15 is 0 Å². The summed E-state index contributed by atoms with van der Waals surface area (Å²) in [5.74, 6) is 1.14. The highest BCUT2D eigenvalue weighted by Gasteiger charge is 2.11. The van der Waals surface area contributed by atoms with Crippen LogP contribution in [-0.4, -0.2) is 22.7 Å². The predicted octanol–water partition coefficient (Wildman–Crippen LogP) is 3.97. The van der Waals surface area contributed by atoms with Gasteiger partial charge in [0.05, 0.1) is 0 Å². The highest BCUT2D eigenvalue weighted by atomic mass is 35.5. The van der Waals surface area contributed by atoms with Gasteiger partial charge in [-0.1, -0.05) is 35.3 Å². The SMILES string of the molecule is CCNC(C)CCc1nc(-c2cc(Cl)cc(Cl)c2)no1. The van der Waals surface area contributed by atoms with E-state index in [4.69, 9.17) is 27.7 Å². The fourth-order valence-corrected chi connectivity index (χ4v) is 2.47. The summed E-state index contributed by atoms with van der Waals surface area (Å²) in [5.41, 5.74) is 0.761. The van der Waals surface area contributed by atoms with Gasteiger partial charge in [0, 0.05) is 28.1 Å². The van der Waals surface area contributed by atoms with Crippen molar-refractivity contribution in [2.24, 2.45) is 0 Å². The molecule has 0 amide bonds. The molecule has 4 nitrogen and oxygen atoms in total. The first-order valence-electron chi connectivity index (χ1n) is 6.61. The maximum absolute atomic E-state index is 5.97. The third-order valence-electron chi connectivity index (χ3n) is 2.93. The zero-order valence-electron chi connectivity index (χ0n) is 11.5. The van der Waals surface area contributed by atoms with Crippen LogP contribution in [0.15, 0.2) is 22.7 Å². The molecular formula is C14H17Cl2N3O. The summed E-state index contributed by atoms with van der Waals surface area (Å²) in [6.07, 6.45) is 1.70. The summed E-state index contributed by atoms with van der Waals surface area (Å²) in [6, 6.07) is 5.63. The van der Waals surface area contributed by atoms with Gasteiger partial charge >= 0.3 is 0 Å². The fraction of sp³-hybridized carbons (Fsp3) is 0.429. The van der Waals surface area contributed by atoms with Crippen molar-refractivity contribution < 1.29 is 4.52 Å².